The van der Waals surface area contributed by atoms with Gasteiger partial charge in [-0.1, -0.05) is 0 Å². The van der Waals surface area contributed by atoms with Crippen molar-refractivity contribution in [3.63, 3.8) is 0 Å². The maximum atomic E-state index is 2.66. The van der Waals surface area contributed by atoms with Crippen molar-refractivity contribution >= 4 is 25.6 Å². The zero-order valence-corrected chi connectivity index (χ0v) is 28.4. The fourth-order valence-electron chi connectivity index (χ4n) is 7.49. The van der Waals surface area contributed by atoms with Gasteiger partial charge in [0.15, 0.2) is 0 Å². The van der Waals surface area contributed by atoms with Crippen molar-refractivity contribution in [3.05, 3.63) is 132 Å². The quantitative estimate of drug-likeness (QED) is 0.249. The Balaban J connectivity index is 0.00000151. The molecule has 0 saturated carbocycles. The number of allylic oxidation sites excluding steroid dienone is 1. The molecule has 5 aromatic carbocycles. The number of benzene rings is 5. The van der Waals surface area contributed by atoms with Crippen LogP contribution in [-0.2, 0) is 20.9 Å². The SMILES string of the molecule is CCC(C)C1=Cc2c(ccc(-c3ccccc3)c2-c2ccccc2)[CH]1[Zr+2]1[c]2cccc3c2[SiH]1c1ccccc1-3.[Cl-].[Cl-]. The molecule has 201 valence electrons. The van der Waals surface area contributed by atoms with Gasteiger partial charge in [0.05, 0.1) is 0 Å². The summed E-state index contributed by atoms with van der Waals surface area (Å²) in [6.45, 7) is 4.86. The van der Waals surface area contributed by atoms with Gasteiger partial charge in [0.2, 0.25) is 0 Å². The Morgan fingerprint density at radius 2 is 1.34 bits per heavy atom. The summed E-state index contributed by atoms with van der Waals surface area (Å²) in [5, 5.41) is 3.57. The summed E-state index contributed by atoms with van der Waals surface area (Å²) < 4.78 is 2.48. The molecule has 0 saturated heterocycles. The van der Waals surface area contributed by atoms with Crippen LogP contribution in [0, 0.1) is 5.92 Å². The normalized spacial score (nSPS) is 17.7. The van der Waals surface area contributed by atoms with Crippen molar-refractivity contribution in [2.24, 2.45) is 5.92 Å². The van der Waals surface area contributed by atoms with Crippen molar-refractivity contribution in [2.45, 2.75) is 23.9 Å². The minimum Gasteiger partial charge on any atom is -1.00 e. The van der Waals surface area contributed by atoms with Crippen molar-refractivity contribution < 1.29 is 45.7 Å². The Morgan fingerprint density at radius 3 is 2.07 bits per heavy atom. The molecule has 2 aliphatic heterocycles. The second-order valence-corrected chi connectivity index (χ2v) is 26.3. The minimum atomic E-state index is -2.03. The van der Waals surface area contributed by atoms with Crippen LogP contribution in [0.2, 0.25) is 0 Å². The standard InChI is InChI=1S/C25H23.C12H8Si.2ClH.Zr/c1-3-18(2)22-16-21-14-15-23(19-10-6-4-7-11-19)25(24(21)17-22)20-12-8-5-9-13-20;1-3-7-11-9(5-1)10-6-2-4-8-12(10)13-11;;;/h4-18H,3H2,1-2H3;1-7,13H;2*1H;/q;;;;+2/p-2. The predicted molar refractivity (Wildman–Crippen MR) is 165 cm³/mol. The zero-order valence-electron chi connectivity index (χ0n) is 23.2. The fourth-order valence-corrected chi connectivity index (χ4v) is 33.8. The summed E-state index contributed by atoms with van der Waals surface area (Å²) in [5.41, 5.74) is 13.4. The van der Waals surface area contributed by atoms with Gasteiger partial charge in [-0.25, -0.2) is 0 Å². The van der Waals surface area contributed by atoms with E-state index >= 15 is 0 Å². The molecule has 0 nitrogen and oxygen atoms in total. The summed E-state index contributed by atoms with van der Waals surface area (Å²) in [6.07, 6.45) is 3.86. The number of fused-ring (bicyclic) bond motifs is 4. The Labute approximate surface area is 264 Å². The maximum Gasteiger partial charge on any atom is -1.00 e. The van der Waals surface area contributed by atoms with Gasteiger partial charge in [-0.05, 0) is 0 Å². The molecule has 0 spiro atoms. The molecule has 3 atom stereocenters. The van der Waals surface area contributed by atoms with E-state index in [-0.39, 0.29) is 24.8 Å². The van der Waals surface area contributed by atoms with Crippen LogP contribution in [0.5, 0.6) is 0 Å². The number of rotatable bonds is 5. The molecule has 0 radical (unpaired) electrons. The van der Waals surface area contributed by atoms with Gasteiger partial charge < -0.3 is 24.8 Å². The third kappa shape index (κ3) is 4.25. The molecule has 3 unspecified atom stereocenters. The van der Waals surface area contributed by atoms with Crippen molar-refractivity contribution in [3.8, 4) is 33.4 Å². The molecular weight excluding hydrogens is 635 g/mol. The monoisotopic (exact) mass is 663 g/mol. The molecule has 0 bridgehead atoms. The Hall–Kier alpha value is -2.48. The Morgan fingerprint density at radius 1 is 0.683 bits per heavy atom. The first-order valence-electron chi connectivity index (χ1n) is 14.3. The van der Waals surface area contributed by atoms with Gasteiger partial charge in [-0.2, -0.15) is 0 Å². The summed E-state index contributed by atoms with van der Waals surface area (Å²) >= 11 is -2.03. The second kappa shape index (κ2) is 11.3. The molecule has 1 aliphatic carbocycles. The number of halogens is 2. The van der Waals surface area contributed by atoms with E-state index in [1.165, 1.54) is 34.2 Å². The first-order chi connectivity index (χ1) is 19.3. The largest absolute Gasteiger partial charge is 1.00 e. The van der Waals surface area contributed by atoms with Crippen LogP contribution in [0.1, 0.15) is 35.0 Å². The first kappa shape index (κ1) is 28.6. The van der Waals surface area contributed by atoms with Gasteiger partial charge in [0.1, 0.15) is 0 Å². The average Bonchev–Trinajstić information content (AvgIpc) is 3.52. The summed E-state index contributed by atoms with van der Waals surface area (Å²) in [7, 11) is 0. The Bertz CT molecular complexity index is 1780. The molecule has 0 aromatic heterocycles. The van der Waals surface area contributed by atoms with Gasteiger partial charge in [-0.15, -0.1) is 0 Å². The molecule has 2 heterocycles. The molecule has 5 aromatic rings. The molecule has 8 rings (SSSR count). The summed E-state index contributed by atoms with van der Waals surface area (Å²) in [5.74, 6) is -0.497. The topological polar surface area (TPSA) is 0 Å². The third-order valence-corrected chi connectivity index (χ3v) is 31.6. The van der Waals surface area contributed by atoms with E-state index in [1.807, 2.05) is 8.46 Å². The van der Waals surface area contributed by atoms with E-state index in [0.29, 0.717) is 9.54 Å². The first-order valence-corrected chi connectivity index (χ1v) is 23.0. The predicted octanol–water partition coefficient (Wildman–Crippen LogP) is 1.29. The van der Waals surface area contributed by atoms with Crippen LogP contribution in [0.15, 0.2) is 121 Å². The van der Waals surface area contributed by atoms with Gasteiger partial charge in [-0.3, -0.25) is 0 Å². The van der Waals surface area contributed by atoms with Crippen molar-refractivity contribution in [1.82, 2.24) is 0 Å². The molecule has 41 heavy (non-hydrogen) atoms. The van der Waals surface area contributed by atoms with Gasteiger partial charge in [0, 0.05) is 0 Å². The molecule has 0 amide bonds. The Kier molecular flexibility index (Phi) is 7.90. The zero-order chi connectivity index (χ0) is 26.1. The van der Waals surface area contributed by atoms with Crippen LogP contribution < -0.4 is 38.5 Å². The average molecular weight is 666 g/mol. The van der Waals surface area contributed by atoms with Crippen molar-refractivity contribution in [2.75, 3.05) is 0 Å². The van der Waals surface area contributed by atoms with Crippen molar-refractivity contribution in [1.29, 1.82) is 0 Å². The van der Waals surface area contributed by atoms with E-state index in [0.717, 1.165) is 0 Å². The smallest absolute Gasteiger partial charge is 1.00 e. The summed E-state index contributed by atoms with van der Waals surface area (Å²) in [4.78, 5) is 0. The van der Waals surface area contributed by atoms with E-state index in [4.69, 9.17) is 0 Å². The van der Waals surface area contributed by atoms with E-state index in [1.54, 1.807) is 27.5 Å². The van der Waals surface area contributed by atoms with Gasteiger partial charge >= 0.3 is 242 Å². The second-order valence-electron chi connectivity index (χ2n) is 11.4. The van der Waals surface area contributed by atoms with Crippen LogP contribution in [0.25, 0.3) is 39.5 Å². The van der Waals surface area contributed by atoms with E-state index in [9.17, 15) is 0 Å². The molecule has 4 heteroatoms. The van der Waals surface area contributed by atoms with Crippen LogP contribution in [-0.4, -0.2) is 5.92 Å². The molecular formula is C37H31Cl2SiZr. The maximum absolute atomic E-state index is 2.66. The fraction of sp³-hybridized carbons (Fsp3) is 0.135. The van der Waals surface area contributed by atoms with Gasteiger partial charge in [0.25, 0.3) is 0 Å². The van der Waals surface area contributed by atoms with Crippen LogP contribution in [0.4, 0.5) is 0 Å². The number of hydrogen-bond acceptors (Lipinski definition) is 0. The molecule has 0 N–H and O–H groups in total. The van der Waals surface area contributed by atoms with E-state index in [2.05, 4.69) is 135 Å². The van der Waals surface area contributed by atoms with Crippen LogP contribution in [0.3, 0.4) is 0 Å². The minimum absolute atomic E-state index is 0. The van der Waals surface area contributed by atoms with Crippen LogP contribution >= 0.6 is 0 Å². The summed E-state index contributed by atoms with van der Waals surface area (Å²) in [6, 6.07) is 43.8. The third-order valence-electron chi connectivity index (χ3n) is 9.45. The van der Waals surface area contributed by atoms with E-state index < -0.39 is 26.8 Å². The molecule has 0 fully saturated rings. The molecule has 3 aliphatic rings. The number of hydrogen-bond donors (Lipinski definition) is 0.